The van der Waals surface area contributed by atoms with Gasteiger partial charge in [-0.3, -0.25) is 0 Å². The normalized spacial score (nSPS) is 12.2. The van der Waals surface area contributed by atoms with Gasteiger partial charge in [-0.05, 0) is 0 Å². The fourth-order valence-corrected chi connectivity index (χ4v) is 5.59. The van der Waals surface area contributed by atoms with Gasteiger partial charge in [0.15, 0.2) is 0 Å². The first kappa shape index (κ1) is 21.4. The van der Waals surface area contributed by atoms with E-state index >= 15 is 0 Å². The van der Waals surface area contributed by atoms with E-state index in [0.29, 0.717) is 36.1 Å². The third-order valence-electron chi connectivity index (χ3n) is 2.85. The van der Waals surface area contributed by atoms with Crippen molar-refractivity contribution >= 4 is 36.5 Å². The van der Waals surface area contributed by atoms with Crippen molar-refractivity contribution in [2.45, 2.75) is 32.0 Å². The van der Waals surface area contributed by atoms with Crippen molar-refractivity contribution in [1.29, 1.82) is 0 Å². The summed E-state index contributed by atoms with van der Waals surface area (Å²) in [6.45, 7) is 1.12. The van der Waals surface area contributed by atoms with E-state index in [1.54, 1.807) is 24.3 Å². The van der Waals surface area contributed by atoms with Crippen LogP contribution in [-0.4, -0.2) is 53.1 Å². The summed E-state index contributed by atoms with van der Waals surface area (Å²) in [5.41, 5.74) is 0.798. The Balaban J connectivity index is 0.00000139. The van der Waals surface area contributed by atoms with E-state index in [4.69, 9.17) is 0 Å². The van der Waals surface area contributed by atoms with Crippen molar-refractivity contribution in [3.05, 3.63) is 47.9 Å². The third kappa shape index (κ3) is 5.18. The zero-order valence-electron chi connectivity index (χ0n) is 13.2. The van der Waals surface area contributed by atoms with E-state index in [0.717, 1.165) is 5.56 Å². The van der Waals surface area contributed by atoms with E-state index in [1.807, 2.05) is 19.9 Å². The van der Waals surface area contributed by atoms with Gasteiger partial charge in [0.1, 0.15) is 0 Å². The molecule has 0 unspecified atom stereocenters. The van der Waals surface area contributed by atoms with Gasteiger partial charge >= 0.3 is 143 Å². The molecule has 2 N–H and O–H groups in total. The van der Waals surface area contributed by atoms with Crippen LogP contribution in [0.2, 0.25) is 0 Å². The van der Waals surface area contributed by atoms with Gasteiger partial charge in [-0.25, -0.2) is 0 Å². The Labute approximate surface area is 156 Å². The second kappa shape index (κ2) is 9.75. The molecule has 2 aromatic rings. The molecule has 0 spiro atoms. The first-order chi connectivity index (χ1) is 11.4. The van der Waals surface area contributed by atoms with Gasteiger partial charge in [0.05, 0.1) is 0 Å². The average molecular weight is 558 g/mol. The Morgan fingerprint density at radius 1 is 1.25 bits per heavy atom. The molecule has 0 saturated carbocycles. The predicted molar refractivity (Wildman–Crippen MR) is 88.5 cm³/mol. The number of rotatable bonds is 6. The first-order valence-electron chi connectivity index (χ1n) is 7.11. The quantitative estimate of drug-likeness (QED) is 0.526. The number of hydrogen-bond donors (Lipinski definition) is 2. The summed E-state index contributed by atoms with van der Waals surface area (Å²) in [7, 11) is -3.76. The SMILES string of the molecule is CC.OS(O)(c1nn(C(F)F)cc1F)N([CH2][Pb])Cc1ccccc1. The third-order valence-corrected chi connectivity index (χ3v) is 7.00. The Hall–Kier alpha value is -0.628. The molecule has 0 amide bonds. The summed E-state index contributed by atoms with van der Waals surface area (Å²) in [5.74, 6) is -1.16. The number of nitrogens with zero attached hydrogens (tertiary/aromatic N) is 3. The van der Waals surface area contributed by atoms with Gasteiger partial charge in [0.2, 0.25) is 0 Å². The molecule has 24 heavy (non-hydrogen) atoms. The second-order valence-electron chi connectivity index (χ2n) is 4.34. The number of aromatic nitrogens is 2. The molecule has 0 aliphatic carbocycles. The predicted octanol–water partition coefficient (Wildman–Crippen LogP) is 4.10. The van der Waals surface area contributed by atoms with Crippen LogP contribution in [0, 0.1) is 5.82 Å². The van der Waals surface area contributed by atoms with E-state index in [1.165, 1.54) is 4.31 Å². The number of benzene rings is 1. The van der Waals surface area contributed by atoms with Crippen LogP contribution in [0.1, 0.15) is 26.0 Å². The van der Waals surface area contributed by atoms with Crippen LogP contribution in [-0.2, 0) is 6.54 Å². The molecule has 0 fully saturated rings. The molecular formula is C14H19F3N3O2PbS. The summed E-state index contributed by atoms with van der Waals surface area (Å²) in [6.07, 6.45) is 0.460. The number of alkyl halides is 2. The van der Waals surface area contributed by atoms with Crippen LogP contribution >= 0.6 is 10.8 Å². The summed E-state index contributed by atoms with van der Waals surface area (Å²) in [5, 5.41) is 2.54. The zero-order valence-corrected chi connectivity index (χ0v) is 17.9. The summed E-state index contributed by atoms with van der Waals surface area (Å²) >= 11 is 0.588. The minimum atomic E-state index is -3.76. The molecule has 133 valence electrons. The van der Waals surface area contributed by atoms with E-state index in [9.17, 15) is 22.3 Å². The van der Waals surface area contributed by atoms with Crippen LogP contribution in [0.4, 0.5) is 13.2 Å². The van der Waals surface area contributed by atoms with Crippen LogP contribution in [0.5, 0.6) is 0 Å². The molecule has 0 aliphatic heterocycles. The second-order valence-corrected chi connectivity index (χ2v) is 7.51. The molecule has 5 nitrogen and oxygen atoms in total. The molecule has 1 aromatic carbocycles. The average Bonchev–Trinajstić information content (AvgIpc) is 2.98. The van der Waals surface area contributed by atoms with Gasteiger partial charge in [-0.15, -0.1) is 0 Å². The summed E-state index contributed by atoms with van der Waals surface area (Å²) in [4.78, 5) is 0. The maximum atomic E-state index is 13.8. The molecule has 0 atom stereocenters. The molecule has 0 bridgehead atoms. The molecule has 2 rings (SSSR count). The molecule has 10 heteroatoms. The molecule has 3 radical (unpaired) electrons. The van der Waals surface area contributed by atoms with Crippen LogP contribution in [0.25, 0.3) is 0 Å². The minimum absolute atomic E-state index is 0.0760. The Bertz CT molecular complexity index is 629. The van der Waals surface area contributed by atoms with Crippen molar-refractivity contribution in [3.63, 3.8) is 0 Å². The van der Waals surface area contributed by atoms with Crippen molar-refractivity contribution in [3.8, 4) is 0 Å². The van der Waals surface area contributed by atoms with Crippen molar-refractivity contribution < 1.29 is 22.3 Å². The standard InChI is InChI=1S/C12H13F3N3O2S.C2H6.Pb/c1-17(7-9-5-3-2-4-6-9)21(19,20)11-10(13)8-18(16-11)12(14)15;1-2;/h2-6,8,12,19-20H,1,7H2;1-2H3;. The van der Waals surface area contributed by atoms with Gasteiger partial charge in [-0.2, -0.15) is 0 Å². The Morgan fingerprint density at radius 3 is 2.29 bits per heavy atom. The van der Waals surface area contributed by atoms with Gasteiger partial charge in [0.25, 0.3) is 0 Å². The fraction of sp³-hybridized carbons (Fsp3) is 0.357. The van der Waals surface area contributed by atoms with Crippen LogP contribution < -0.4 is 0 Å². The van der Waals surface area contributed by atoms with Crippen LogP contribution in [0.15, 0.2) is 41.6 Å². The Kier molecular flexibility index (Phi) is 8.70. The maximum absolute atomic E-state index is 13.8. The van der Waals surface area contributed by atoms with Gasteiger partial charge in [-0.1, -0.05) is 13.8 Å². The number of hydrogen-bond acceptors (Lipinski definition) is 4. The number of halogens is 3. The molecule has 1 aromatic heterocycles. The first-order valence-corrected chi connectivity index (χ1v) is 11.4. The zero-order chi connectivity index (χ0) is 18.3. The van der Waals surface area contributed by atoms with E-state index in [2.05, 4.69) is 5.10 Å². The Morgan fingerprint density at radius 2 is 1.83 bits per heavy atom. The van der Waals surface area contributed by atoms with Crippen molar-refractivity contribution in [2.75, 3.05) is 4.10 Å². The summed E-state index contributed by atoms with van der Waals surface area (Å²) in [6, 6.07) is 8.97. The summed E-state index contributed by atoms with van der Waals surface area (Å²) < 4.78 is 61.1. The van der Waals surface area contributed by atoms with Crippen LogP contribution in [0.3, 0.4) is 0 Å². The molecular weight excluding hydrogens is 538 g/mol. The van der Waals surface area contributed by atoms with Gasteiger partial charge in [0, 0.05) is 0 Å². The van der Waals surface area contributed by atoms with Gasteiger partial charge < -0.3 is 0 Å². The fourth-order valence-electron chi connectivity index (χ4n) is 1.78. The molecule has 1 heterocycles. The van der Waals surface area contributed by atoms with E-state index in [-0.39, 0.29) is 11.2 Å². The van der Waals surface area contributed by atoms with E-state index < -0.39 is 28.2 Å². The monoisotopic (exact) mass is 558 g/mol. The van der Waals surface area contributed by atoms with Crippen molar-refractivity contribution in [2.24, 2.45) is 0 Å². The topological polar surface area (TPSA) is 61.5 Å². The van der Waals surface area contributed by atoms with Crippen molar-refractivity contribution in [1.82, 2.24) is 14.1 Å². The molecule has 0 saturated heterocycles. The molecule has 0 aliphatic rings.